The van der Waals surface area contributed by atoms with Crippen LogP contribution in [-0.2, 0) is 6.42 Å². The van der Waals surface area contributed by atoms with E-state index in [0.717, 1.165) is 6.54 Å². The molecule has 1 N–H and O–H groups in total. The molecule has 1 aromatic rings. The minimum absolute atomic E-state index is 1.16. The van der Waals surface area contributed by atoms with Crippen molar-refractivity contribution in [3.63, 3.8) is 0 Å². The van der Waals surface area contributed by atoms with Gasteiger partial charge in [0, 0.05) is 13.1 Å². The highest BCUT2D eigenvalue weighted by Crippen LogP contribution is 2.11. The molecule has 0 atom stereocenters. The Morgan fingerprint density at radius 1 is 1.11 bits per heavy atom. The van der Waals surface area contributed by atoms with Crippen molar-refractivity contribution < 1.29 is 0 Å². The second kappa shape index (κ2) is 6.91. The van der Waals surface area contributed by atoms with E-state index in [1.54, 1.807) is 0 Å². The normalized spacial score (nSPS) is 17.7. The molecule has 0 bridgehead atoms. The van der Waals surface area contributed by atoms with Crippen molar-refractivity contribution in [2.24, 2.45) is 0 Å². The second-order valence-electron chi connectivity index (χ2n) is 5.47. The quantitative estimate of drug-likeness (QED) is 0.878. The number of benzene rings is 1. The lowest BCUT2D eigenvalue weighted by Crippen LogP contribution is -2.29. The summed E-state index contributed by atoms with van der Waals surface area (Å²) in [6.45, 7) is 10.5. The minimum atomic E-state index is 1.16. The average molecular weight is 246 g/mol. The van der Waals surface area contributed by atoms with Crippen LogP contribution in [-0.4, -0.2) is 37.6 Å². The molecular weight excluding hydrogens is 220 g/mol. The lowest BCUT2D eigenvalue weighted by atomic mass is 10.0. The molecule has 2 nitrogen and oxygen atoms in total. The zero-order valence-corrected chi connectivity index (χ0v) is 11.8. The Labute approximate surface area is 111 Å². The Kier molecular flexibility index (Phi) is 5.21. The fourth-order valence-corrected chi connectivity index (χ4v) is 2.59. The van der Waals surface area contributed by atoms with Crippen LogP contribution >= 0.6 is 0 Å². The summed E-state index contributed by atoms with van der Waals surface area (Å²) in [4.78, 5) is 2.60. The number of nitrogens with one attached hydrogen (secondary N) is 1. The van der Waals surface area contributed by atoms with Crippen molar-refractivity contribution in [2.45, 2.75) is 33.1 Å². The molecule has 100 valence electrons. The molecule has 1 heterocycles. The molecule has 18 heavy (non-hydrogen) atoms. The number of aryl methyl sites for hydroxylation is 3. The van der Waals surface area contributed by atoms with Crippen LogP contribution in [0.25, 0.3) is 0 Å². The first-order valence-corrected chi connectivity index (χ1v) is 7.25. The maximum absolute atomic E-state index is 3.46. The van der Waals surface area contributed by atoms with Gasteiger partial charge in [0.05, 0.1) is 0 Å². The predicted molar refractivity (Wildman–Crippen MR) is 78.2 cm³/mol. The van der Waals surface area contributed by atoms with Gasteiger partial charge in [0.1, 0.15) is 0 Å². The lowest BCUT2D eigenvalue weighted by molar-refractivity contribution is 0.289. The van der Waals surface area contributed by atoms with Crippen molar-refractivity contribution in [3.8, 4) is 0 Å². The first kappa shape index (κ1) is 13.6. The maximum Gasteiger partial charge on any atom is 0.0107 e. The molecule has 1 aromatic carbocycles. The SMILES string of the molecule is Cc1ccc(CCCN2CCCNCC2)cc1C. The number of hydrogen-bond donors (Lipinski definition) is 1. The standard InChI is InChI=1S/C16H26N2/c1-14-6-7-16(13-15(14)2)5-3-10-18-11-4-8-17-9-12-18/h6-7,13,17H,3-5,8-12H2,1-2H3. The van der Waals surface area contributed by atoms with E-state index in [1.165, 1.54) is 62.1 Å². The maximum atomic E-state index is 3.46. The Bertz CT molecular complexity index is 365. The van der Waals surface area contributed by atoms with Crippen LogP contribution < -0.4 is 5.32 Å². The van der Waals surface area contributed by atoms with Gasteiger partial charge in [-0.2, -0.15) is 0 Å². The first-order chi connectivity index (χ1) is 8.75. The molecule has 0 saturated carbocycles. The van der Waals surface area contributed by atoms with Gasteiger partial charge in [-0.25, -0.2) is 0 Å². The molecule has 0 unspecified atom stereocenters. The Morgan fingerprint density at radius 3 is 2.83 bits per heavy atom. The van der Waals surface area contributed by atoms with Crippen LogP contribution in [0.3, 0.4) is 0 Å². The van der Waals surface area contributed by atoms with Gasteiger partial charge in [-0.1, -0.05) is 18.2 Å². The van der Waals surface area contributed by atoms with Crippen molar-refractivity contribution >= 4 is 0 Å². The summed E-state index contributed by atoms with van der Waals surface area (Å²) in [5, 5.41) is 3.46. The van der Waals surface area contributed by atoms with Gasteiger partial charge in [-0.05, 0) is 69.4 Å². The van der Waals surface area contributed by atoms with Gasteiger partial charge >= 0.3 is 0 Å². The highest BCUT2D eigenvalue weighted by atomic mass is 15.1. The molecule has 0 amide bonds. The van der Waals surface area contributed by atoms with E-state index in [1.807, 2.05) is 0 Å². The predicted octanol–water partition coefficient (Wildman–Crippen LogP) is 2.53. The van der Waals surface area contributed by atoms with E-state index in [4.69, 9.17) is 0 Å². The van der Waals surface area contributed by atoms with Gasteiger partial charge in [0.15, 0.2) is 0 Å². The lowest BCUT2D eigenvalue weighted by Gasteiger charge is -2.19. The van der Waals surface area contributed by atoms with Crippen LogP contribution in [0.4, 0.5) is 0 Å². The van der Waals surface area contributed by atoms with Crippen molar-refractivity contribution in [1.82, 2.24) is 10.2 Å². The van der Waals surface area contributed by atoms with E-state index in [0.29, 0.717) is 0 Å². The van der Waals surface area contributed by atoms with Gasteiger partial charge < -0.3 is 10.2 Å². The fraction of sp³-hybridized carbons (Fsp3) is 0.625. The monoisotopic (exact) mass is 246 g/mol. The topological polar surface area (TPSA) is 15.3 Å². The summed E-state index contributed by atoms with van der Waals surface area (Å²) in [5.41, 5.74) is 4.31. The van der Waals surface area contributed by atoms with Crippen molar-refractivity contribution in [3.05, 3.63) is 34.9 Å². The molecule has 1 fully saturated rings. The average Bonchev–Trinajstić information content (AvgIpc) is 2.62. The third-order valence-corrected chi connectivity index (χ3v) is 3.94. The number of nitrogens with zero attached hydrogens (tertiary/aromatic N) is 1. The summed E-state index contributed by atoms with van der Waals surface area (Å²) in [6, 6.07) is 6.88. The van der Waals surface area contributed by atoms with Gasteiger partial charge in [0.25, 0.3) is 0 Å². The molecule has 1 saturated heterocycles. The summed E-state index contributed by atoms with van der Waals surface area (Å²) in [5.74, 6) is 0. The molecule has 0 radical (unpaired) electrons. The minimum Gasteiger partial charge on any atom is -0.315 e. The Hall–Kier alpha value is -0.860. The summed E-state index contributed by atoms with van der Waals surface area (Å²) in [6.07, 6.45) is 3.79. The number of hydrogen-bond acceptors (Lipinski definition) is 2. The Morgan fingerprint density at radius 2 is 2.00 bits per heavy atom. The van der Waals surface area contributed by atoms with Crippen LogP contribution in [0, 0.1) is 13.8 Å². The van der Waals surface area contributed by atoms with E-state index in [9.17, 15) is 0 Å². The van der Waals surface area contributed by atoms with E-state index in [2.05, 4.69) is 42.3 Å². The summed E-state index contributed by atoms with van der Waals surface area (Å²) >= 11 is 0. The molecular formula is C16H26N2. The van der Waals surface area contributed by atoms with E-state index < -0.39 is 0 Å². The zero-order valence-electron chi connectivity index (χ0n) is 11.8. The third kappa shape index (κ3) is 4.11. The molecule has 0 spiro atoms. The van der Waals surface area contributed by atoms with Crippen LogP contribution in [0.1, 0.15) is 29.5 Å². The molecule has 2 rings (SSSR count). The highest BCUT2D eigenvalue weighted by molar-refractivity contribution is 5.29. The highest BCUT2D eigenvalue weighted by Gasteiger charge is 2.07. The Balaban J connectivity index is 1.75. The summed E-state index contributed by atoms with van der Waals surface area (Å²) < 4.78 is 0. The zero-order chi connectivity index (χ0) is 12.8. The smallest absolute Gasteiger partial charge is 0.0107 e. The molecule has 1 aliphatic heterocycles. The van der Waals surface area contributed by atoms with Crippen molar-refractivity contribution in [1.29, 1.82) is 0 Å². The van der Waals surface area contributed by atoms with Crippen LogP contribution in [0.2, 0.25) is 0 Å². The van der Waals surface area contributed by atoms with Crippen LogP contribution in [0.5, 0.6) is 0 Å². The van der Waals surface area contributed by atoms with Crippen LogP contribution in [0.15, 0.2) is 18.2 Å². The molecule has 2 heteroatoms. The first-order valence-electron chi connectivity index (χ1n) is 7.25. The second-order valence-corrected chi connectivity index (χ2v) is 5.47. The number of rotatable bonds is 4. The largest absolute Gasteiger partial charge is 0.315 e. The molecule has 0 aliphatic carbocycles. The van der Waals surface area contributed by atoms with Gasteiger partial charge in [-0.3, -0.25) is 0 Å². The fourth-order valence-electron chi connectivity index (χ4n) is 2.59. The van der Waals surface area contributed by atoms with Crippen molar-refractivity contribution in [2.75, 3.05) is 32.7 Å². The van der Waals surface area contributed by atoms with E-state index in [-0.39, 0.29) is 0 Å². The molecule has 1 aliphatic rings. The van der Waals surface area contributed by atoms with E-state index >= 15 is 0 Å². The molecule has 0 aromatic heterocycles. The third-order valence-electron chi connectivity index (χ3n) is 3.94. The summed E-state index contributed by atoms with van der Waals surface area (Å²) in [7, 11) is 0. The van der Waals surface area contributed by atoms with Gasteiger partial charge in [-0.15, -0.1) is 0 Å². The van der Waals surface area contributed by atoms with Gasteiger partial charge in [0.2, 0.25) is 0 Å².